The molecule has 0 unspecified atom stereocenters. The summed E-state index contributed by atoms with van der Waals surface area (Å²) in [4.78, 5) is 12.0. The second-order valence-corrected chi connectivity index (χ2v) is 5.04. The van der Waals surface area contributed by atoms with Gasteiger partial charge >= 0.3 is 0 Å². The van der Waals surface area contributed by atoms with Crippen molar-refractivity contribution >= 4 is 5.91 Å². The van der Waals surface area contributed by atoms with Crippen LogP contribution in [0.1, 0.15) is 16.1 Å². The minimum absolute atomic E-state index is 0.306. The Morgan fingerprint density at radius 1 is 1.13 bits per heavy atom. The highest BCUT2D eigenvalue weighted by Crippen LogP contribution is 2.19. The number of rotatable bonds is 4. The van der Waals surface area contributed by atoms with Crippen molar-refractivity contribution in [2.24, 2.45) is 5.84 Å². The normalized spacial score (nSPS) is 10.5. The molecule has 1 amide bonds. The van der Waals surface area contributed by atoms with Crippen LogP contribution in [-0.4, -0.2) is 15.7 Å². The summed E-state index contributed by atoms with van der Waals surface area (Å²) < 4.78 is 14.6. The molecule has 0 spiro atoms. The Morgan fingerprint density at radius 2 is 1.83 bits per heavy atom. The molecule has 1 heterocycles. The van der Waals surface area contributed by atoms with E-state index >= 15 is 0 Å². The summed E-state index contributed by atoms with van der Waals surface area (Å²) in [7, 11) is 0. The average Bonchev–Trinajstić information content (AvgIpc) is 3.01. The molecule has 0 aliphatic heterocycles. The Labute approximate surface area is 132 Å². The van der Waals surface area contributed by atoms with E-state index in [1.165, 1.54) is 12.1 Å². The number of amides is 1. The summed E-state index contributed by atoms with van der Waals surface area (Å²) in [5.74, 6) is 4.51. The molecular weight excluding hydrogens is 295 g/mol. The molecule has 0 fully saturated rings. The number of nitrogen functional groups attached to an aromatic ring is 1. The van der Waals surface area contributed by atoms with Gasteiger partial charge in [-0.15, -0.1) is 0 Å². The lowest BCUT2D eigenvalue weighted by atomic mass is 10.1. The molecule has 5 nitrogen and oxygen atoms in total. The Bertz CT molecular complexity index is 812. The Kier molecular flexibility index (Phi) is 4.16. The Balaban J connectivity index is 1.98. The van der Waals surface area contributed by atoms with E-state index in [4.69, 9.17) is 5.84 Å². The fraction of sp³-hybridized carbons (Fsp3) is 0.0588. The van der Waals surface area contributed by atoms with Crippen LogP contribution in [0.15, 0.2) is 60.7 Å². The number of aromatic nitrogens is 2. The van der Waals surface area contributed by atoms with Gasteiger partial charge in [0.15, 0.2) is 0 Å². The summed E-state index contributed by atoms with van der Waals surface area (Å²) in [6.45, 7) is 0.343. The third kappa shape index (κ3) is 3.27. The zero-order valence-corrected chi connectivity index (χ0v) is 12.2. The topological polar surface area (TPSA) is 72.9 Å². The lowest BCUT2D eigenvalue weighted by Crippen LogP contribution is -2.32. The average molecular weight is 310 g/mol. The first kappa shape index (κ1) is 14.9. The van der Waals surface area contributed by atoms with Gasteiger partial charge in [0.25, 0.3) is 5.91 Å². The Hall–Kier alpha value is -2.99. The molecule has 3 rings (SSSR count). The Morgan fingerprint density at radius 3 is 2.48 bits per heavy atom. The third-order valence-corrected chi connectivity index (χ3v) is 3.46. The molecule has 0 radical (unpaired) electrons. The van der Waals surface area contributed by atoms with E-state index in [1.807, 2.05) is 30.3 Å². The fourth-order valence-electron chi connectivity index (χ4n) is 2.31. The van der Waals surface area contributed by atoms with Crippen LogP contribution in [0.3, 0.4) is 0 Å². The van der Waals surface area contributed by atoms with Crippen LogP contribution in [0.4, 0.5) is 4.39 Å². The molecular formula is C17H15FN4O. The lowest BCUT2D eigenvalue weighted by molar-refractivity contribution is 0.0943. The van der Waals surface area contributed by atoms with E-state index in [2.05, 4.69) is 10.5 Å². The maximum Gasteiger partial charge on any atom is 0.283 e. The van der Waals surface area contributed by atoms with Gasteiger partial charge in [-0.3, -0.25) is 14.9 Å². The van der Waals surface area contributed by atoms with Gasteiger partial charge in [0.1, 0.15) is 11.5 Å². The minimum atomic E-state index is -0.429. The van der Waals surface area contributed by atoms with Crippen molar-refractivity contribution in [1.29, 1.82) is 0 Å². The number of hydrogen-bond donors (Lipinski definition) is 2. The van der Waals surface area contributed by atoms with Crippen molar-refractivity contribution in [2.75, 3.05) is 0 Å². The van der Waals surface area contributed by atoms with E-state index in [1.54, 1.807) is 22.9 Å². The predicted molar refractivity (Wildman–Crippen MR) is 84.8 cm³/mol. The van der Waals surface area contributed by atoms with Crippen molar-refractivity contribution in [3.8, 4) is 11.3 Å². The monoisotopic (exact) mass is 310 g/mol. The van der Waals surface area contributed by atoms with Gasteiger partial charge in [0, 0.05) is 5.56 Å². The van der Waals surface area contributed by atoms with Gasteiger partial charge in [0.2, 0.25) is 0 Å². The zero-order valence-electron chi connectivity index (χ0n) is 12.2. The third-order valence-electron chi connectivity index (χ3n) is 3.46. The molecule has 0 aliphatic carbocycles. The second kappa shape index (κ2) is 6.41. The summed E-state index contributed by atoms with van der Waals surface area (Å²) in [5, 5.41) is 4.47. The van der Waals surface area contributed by atoms with Crippen molar-refractivity contribution in [3.05, 3.63) is 77.7 Å². The largest absolute Gasteiger partial charge is 0.289 e. The molecule has 6 heteroatoms. The predicted octanol–water partition coefficient (Wildman–Crippen LogP) is 2.34. The highest BCUT2D eigenvalue weighted by atomic mass is 19.1. The number of hydrogen-bond acceptors (Lipinski definition) is 3. The van der Waals surface area contributed by atoms with Gasteiger partial charge in [-0.1, -0.05) is 42.5 Å². The number of benzene rings is 2. The first-order valence-electron chi connectivity index (χ1n) is 7.06. The minimum Gasteiger partial charge on any atom is -0.289 e. The van der Waals surface area contributed by atoms with Crippen LogP contribution in [-0.2, 0) is 6.54 Å². The van der Waals surface area contributed by atoms with Gasteiger partial charge in [0.05, 0.1) is 12.2 Å². The first-order valence-corrected chi connectivity index (χ1v) is 7.06. The second-order valence-electron chi connectivity index (χ2n) is 5.04. The number of nitrogens with one attached hydrogen (secondary N) is 1. The molecule has 0 saturated carbocycles. The fourth-order valence-corrected chi connectivity index (χ4v) is 2.31. The molecule has 0 saturated heterocycles. The molecule has 116 valence electrons. The molecule has 23 heavy (non-hydrogen) atoms. The molecule has 0 bridgehead atoms. The quantitative estimate of drug-likeness (QED) is 0.441. The van der Waals surface area contributed by atoms with E-state index < -0.39 is 5.91 Å². The van der Waals surface area contributed by atoms with E-state index in [-0.39, 0.29) is 5.82 Å². The highest BCUT2D eigenvalue weighted by Gasteiger charge is 2.15. The number of nitrogens with two attached hydrogens (primary N) is 1. The maximum absolute atomic E-state index is 13.0. The van der Waals surface area contributed by atoms with Crippen LogP contribution in [0, 0.1) is 5.82 Å². The van der Waals surface area contributed by atoms with Crippen LogP contribution < -0.4 is 11.3 Å². The zero-order chi connectivity index (χ0) is 16.2. The number of carbonyl (C=O) groups excluding carboxylic acids is 1. The number of halogens is 1. The van der Waals surface area contributed by atoms with Gasteiger partial charge in [-0.05, 0) is 23.8 Å². The van der Waals surface area contributed by atoms with Gasteiger partial charge in [-0.25, -0.2) is 10.2 Å². The van der Waals surface area contributed by atoms with Gasteiger partial charge in [-0.2, -0.15) is 5.10 Å². The van der Waals surface area contributed by atoms with E-state index in [9.17, 15) is 9.18 Å². The smallest absolute Gasteiger partial charge is 0.283 e. The molecule has 3 aromatic rings. The lowest BCUT2D eigenvalue weighted by Gasteiger charge is -2.06. The summed E-state index contributed by atoms with van der Waals surface area (Å²) >= 11 is 0. The SMILES string of the molecule is NNC(=O)c1cc(-c2ccccc2)nn1Cc1ccc(F)cc1. The standard InChI is InChI=1S/C17H15FN4O/c18-14-8-6-12(7-9-14)11-22-16(17(23)20-19)10-15(21-22)13-4-2-1-3-5-13/h1-10H,11,19H2,(H,20,23). The first-order chi connectivity index (χ1) is 11.2. The van der Waals surface area contributed by atoms with Crippen molar-refractivity contribution < 1.29 is 9.18 Å². The van der Waals surface area contributed by atoms with Crippen LogP contribution >= 0.6 is 0 Å². The number of carbonyl (C=O) groups is 1. The van der Waals surface area contributed by atoms with Crippen LogP contribution in [0.2, 0.25) is 0 Å². The molecule has 3 N–H and O–H groups in total. The number of hydrazine groups is 1. The van der Waals surface area contributed by atoms with E-state index in [0.29, 0.717) is 17.9 Å². The molecule has 1 aromatic heterocycles. The summed E-state index contributed by atoms with van der Waals surface area (Å²) in [6.07, 6.45) is 0. The summed E-state index contributed by atoms with van der Waals surface area (Å²) in [5.41, 5.74) is 4.87. The van der Waals surface area contributed by atoms with Crippen molar-refractivity contribution in [1.82, 2.24) is 15.2 Å². The van der Waals surface area contributed by atoms with Crippen molar-refractivity contribution in [3.63, 3.8) is 0 Å². The van der Waals surface area contributed by atoms with Crippen molar-refractivity contribution in [2.45, 2.75) is 6.54 Å². The van der Waals surface area contributed by atoms with E-state index in [0.717, 1.165) is 11.1 Å². The number of nitrogens with zero attached hydrogens (tertiary/aromatic N) is 2. The van der Waals surface area contributed by atoms with Crippen LogP contribution in [0.5, 0.6) is 0 Å². The molecule has 2 aromatic carbocycles. The van der Waals surface area contributed by atoms with Crippen LogP contribution in [0.25, 0.3) is 11.3 Å². The summed E-state index contributed by atoms with van der Waals surface area (Å²) in [6, 6.07) is 17.3. The van der Waals surface area contributed by atoms with Gasteiger partial charge < -0.3 is 0 Å². The maximum atomic E-state index is 13.0. The molecule has 0 aliphatic rings. The molecule has 0 atom stereocenters. The highest BCUT2D eigenvalue weighted by molar-refractivity contribution is 5.93.